The lowest BCUT2D eigenvalue weighted by molar-refractivity contribution is 0.0697. The van der Waals surface area contributed by atoms with E-state index < -0.39 is 12.6 Å². The molecule has 1 heterocycles. The van der Waals surface area contributed by atoms with Gasteiger partial charge in [-0.1, -0.05) is 0 Å². The third-order valence-corrected chi connectivity index (χ3v) is 1.65. The molecule has 1 aromatic rings. The standard InChI is InChI=1S/C9H11FN2O2/c1-6-2-3-7(9(13)14)8(12-6)11-5-4-10/h2-3H,4-5H2,1H3,(H,11,12)(H,13,14). The van der Waals surface area contributed by atoms with Crippen molar-refractivity contribution in [3.8, 4) is 0 Å². The summed E-state index contributed by atoms with van der Waals surface area (Å²) in [5.74, 6) is -0.853. The van der Waals surface area contributed by atoms with Gasteiger partial charge in [0.05, 0.1) is 0 Å². The van der Waals surface area contributed by atoms with E-state index in [-0.39, 0.29) is 17.9 Å². The Kier molecular flexibility index (Phi) is 3.39. The fourth-order valence-electron chi connectivity index (χ4n) is 1.03. The van der Waals surface area contributed by atoms with Crippen LogP contribution in [0.4, 0.5) is 10.2 Å². The van der Waals surface area contributed by atoms with E-state index in [1.54, 1.807) is 13.0 Å². The Labute approximate surface area is 80.8 Å². The van der Waals surface area contributed by atoms with E-state index in [0.29, 0.717) is 5.69 Å². The molecular weight excluding hydrogens is 187 g/mol. The smallest absolute Gasteiger partial charge is 0.339 e. The van der Waals surface area contributed by atoms with E-state index in [4.69, 9.17) is 5.11 Å². The van der Waals surface area contributed by atoms with Gasteiger partial charge in [-0.25, -0.2) is 14.2 Å². The highest BCUT2D eigenvalue weighted by Crippen LogP contribution is 2.12. The number of nitrogens with one attached hydrogen (secondary N) is 1. The fraction of sp³-hybridized carbons (Fsp3) is 0.333. The van der Waals surface area contributed by atoms with Crippen molar-refractivity contribution in [2.24, 2.45) is 0 Å². The number of nitrogens with zero attached hydrogens (tertiary/aromatic N) is 1. The second kappa shape index (κ2) is 4.55. The summed E-state index contributed by atoms with van der Waals surface area (Å²) in [4.78, 5) is 14.7. The van der Waals surface area contributed by atoms with Crippen LogP contribution < -0.4 is 5.32 Å². The van der Waals surface area contributed by atoms with E-state index in [2.05, 4.69) is 10.3 Å². The van der Waals surface area contributed by atoms with Gasteiger partial charge in [0.15, 0.2) is 0 Å². The number of anilines is 1. The minimum Gasteiger partial charge on any atom is -0.478 e. The van der Waals surface area contributed by atoms with Crippen LogP contribution in [0.25, 0.3) is 0 Å². The Morgan fingerprint density at radius 1 is 1.64 bits per heavy atom. The molecule has 0 aromatic carbocycles. The summed E-state index contributed by atoms with van der Waals surface area (Å²) in [6.07, 6.45) is 0. The lowest BCUT2D eigenvalue weighted by Crippen LogP contribution is -2.11. The molecule has 0 unspecified atom stereocenters. The molecule has 0 fully saturated rings. The molecule has 0 aliphatic heterocycles. The Hall–Kier alpha value is -1.65. The topological polar surface area (TPSA) is 62.2 Å². The van der Waals surface area contributed by atoms with Crippen LogP contribution in [0.3, 0.4) is 0 Å². The van der Waals surface area contributed by atoms with Gasteiger partial charge in [-0.15, -0.1) is 0 Å². The molecule has 5 heteroatoms. The van der Waals surface area contributed by atoms with Crippen molar-refractivity contribution in [3.05, 3.63) is 23.4 Å². The molecule has 0 bridgehead atoms. The van der Waals surface area contributed by atoms with E-state index in [0.717, 1.165) is 0 Å². The average molecular weight is 198 g/mol. The first kappa shape index (κ1) is 10.4. The van der Waals surface area contributed by atoms with Crippen molar-refractivity contribution < 1.29 is 14.3 Å². The summed E-state index contributed by atoms with van der Waals surface area (Å²) < 4.78 is 11.9. The van der Waals surface area contributed by atoms with Crippen LogP contribution in [0.1, 0.15) is 16.1 Å². The lowest BCUT2D eigenvalue weighted by atomic mass is 10.2. The Morgan fingerprint density at radius 3 is 2.93 bits per heavy atom. The van der Waals surface area contributed by atoms with Crippen molar-refractivity contribution in [2.45, 2.75) is 6.92 Å². The third-order valence-electron chi connectivity index (χ3n) is 1.65. The minimum absolute atomic E-state index is 0.0593. The highest BCUT2D eigenvalue weighted by molar-refractivity contribution is 5.93. The fourth-order valence-corrected chi connectivity index (χ4v) is 1.03. The van der Waals surface area contributed by atoms with Crippen molar-refractivity contribution in [1.29, 1.82) is 0 Å². The number of halogens is 1. The number of alkyl halides is 1. The van der Waals surface area contributed by atoms with Crippen molar-refractivity contribution in [1.82, 2.24) is 4.98 Å². The zero-order valence-electron chi connectivity index (χ0n) is 7.75. The molecule has 1 aromatic heterocycles. The molecule has 0 aliphatic rings. The number of rotatable bonds is 4. The van der Waals surface area contributed by atoms with Gasteiger partial charge < -0.3 is 10.4 Å². The predicted octanol–water partition coefficient (Wildman–Crippen LogP) is 1.47. The second-order valence-electron chi connectivity index (χ2n) is 2.77. The summed E-state index contributed by atoms with van der Waals surface area (Å²) in [7, 11) is 0. The first-order valence-corrected chi connectivity index (χ1v) is 4.16. The van der Waals surface area contributed by atoms with Crippen LogP contribution in [-0.2, 0) is 0 Å². The molecule has 76 valence electrons. The maximum atomic E-state index is 11.9. The highest BCUT2D eigenvalue weighted by Gasteiger charge is 2.10. The number of hydrogen-bond donors (Lipinski definition) is 2. The van der Waals surface area contributed by atoms with Crippen LogP contribution in [0, 0.1) is 6.92 Å². The third kappa shape index (κ3) is 2.42. The monoisotopic (exact) mass is 198 g/mol. The van der Waals surface area contributed by atoms with Gasteiger partial charge in [0.2, 0.25) is 0 Å². The Morgan fingerprint density at radius 2 is 2.36 bits per heavy atom. The van der Waals surface area contributed by atoms with Crippen molar-refractivity contribution in [3.63, 3.8) is 0 Å². The van der Waals surface area contributed by atoms with Crippen molar-refractivity contribution >= 4 is 11.8 Å². The number of aryl methyl sites for hydroxylation is 1. The molecule has 0 spiro atoms. The predicted molar refractivity (Wildman–Crippen MR) is 50.4 cm³/mol. The minimum atomic E-state index is -1.07. The maximum Gasteiger partial charge on any atom is 0.339 e. The summed E-state index contributed by atoms with van der Waals surface area (Å²) in [5.41, 5.74) is 0.750. The highest BCUT2D eigenvalue weighted by atomic mass is 19.1. The van der Waals surface area contributed by atoms with Crippen LogP contribution in [0.15, 0.2) is 12.1 Å². The van der Waals surface area contributed by atoms with Crippen LogP contribution in [0.2, 0.25) is 0 Å². The first-order chi connectivity index (χ1) is 6.65. The summed E-state index contributed by atoms with van der Waals surface area (Å²) in [6, 6.07) is 3.05. The SMILES string of the molecule is Cc1ccc(C(=O)O)c(NCCF)n1. The quantitative estimate of drug-likeness (QED) is 0.769. The molecular formula is C9H11FN2O2. The van der Waals surface area contributed by atoms with Crippen molar-refractivity contribution in [2.75, 3.05) is 18.5 Å². The van der Waals surface area contributed by atoms with Gasteiger partial charge in [0, 0.05) is 12.2 Å². The summed E-state index contributed by atoms with van der Waals surface area (Å²) >= 11 is 0. The zero-order chi connectivity index (χ0) is 10.6. The van der Waals surface area contributed by atoms with Crippen LogP contribution in [0.5, 0.6) is 0 Å². The summed E-state index contributed by atoms with van der Waals surface area (Å²) in [5, 5.41) is 11.4. The molecule has 2 N–H and O–H groups in total. The van der Waals surface area contributed by atoms with Gasteiger partial charge in [0.25, 0.3) is 0 Å². The number of aromatic carboxylic acids is 1. The van der Waals surface area contributed by atoms with Crippen LogP contribution in [-0.4, -0.2) is 29.3 Å². The molecule has 0 atom stereocenters. The molecule has 14 heavy (non-hydrogen) atoms. The lowest BCUT2D eigenvalue weighted by Gasteiger charge is -2.07. The van der Waals surface area contributed by atoms with Crippen LogP contribution >= 0.6 is 0 Å². The summed E-state index contributed by atoms with van der Waals surface area (Å²) in [6.45, 7) is 1.25. The van der Waals surface area contributed by atoms with E-state index >= 15 is 0 Å². The molecule has 0 saturated heterocycles. The van der Waals surface area contributed by atoms with E-state index in [1.807, 2.05) is 0 Å². The van der Waals surface area contributed by atoms with Gasteiger partial charge in [0.1, 0.15) is 18.1 Å². The number of pyridine rings is 1. The Balaban J connectivity index is 2.97. The number of carboxylic acids is 1. The average Bonchev–Trinajstić information content (AvgIpc) is 2.14. The molecule has 1 rings (SSSR count). The molecule has 0 amide bonds. The molecule has 0 aliphatic carbocycles. The molecule has 0 saturated carbocycles. The van der Waals surface area contributed by atoms with E-state index in [9.17, 15) is 9.18 Å². The largest absolute Gasteiger partial charge is 0.478 e. The van der Waals surface area contributed by atoms with E-state index in [1.165, 1.54) is 6.07 Å². The first-order valence-electron chi connectivity index (χ1n) is 4.16. The number of carboxylic acid groups (broad SMARTS) is 1. The second-order valence-corrected chi connectivity index (χ2v) is 2.77. The van der Waals surface area contributed by atoms with Gasteiger partial charge >= 0.3 is 5.97 Å². The maximum absolute atomic E-state index is 11.9. The number of carbonyl (C=O) groups is 1. The van der Waals surface area contributed by atoms with Gasteiger partial charge in [-0.3, -0.25) is 0 Å². The van der Waals surface area contributed by atoms with Gasteiger partial charge in [-0.05, 0) is 19.1 Å². The normalized spacial score (nSPS) is 9.86. The Bertz CT molecular complexity index is 342. The number of hydrogen-bond acceptors (Lipinski definition) is 3. The molecule has 4 nitrogen and oxygen atoms in total. The zero-order valence-corrected chi connectivity index (χ0v) is 7.75. The molecule has 0 radical (unpaired) electrons. The van der Waals surface area contributed by atoms with Gasteiger partial charge in [-0.2, -0.15) is 0 Å². The number of aromatic nitrogens is 1.